The van der Waals surface area contributed by atoms with Gasteiger partial charge in [-0.3, -0.25) is 4.79 Å². The van der Waals surface area contributed by atoms with E-state index in [1.54, 1.807) is 0 Å². The SMILES string of the molecule is CCc1ccc([C@@H](C)NC(C)=O)cc1. The van der Waals surface area contributed by atoms with E-state index < -0.39 is 0 Å². The minimum Gasteiger partial charge on any atom is -0.350 e. The summed E-state index contributed by atoms with van der Waals surface area (Å²) in [4.78, 5) is 10.8. The Morgan fingerprint density at radius 3 is 2.36 bits per heavy atom. The van der Waals surface area contributed by atoms with Gasteiger partial charge >= 0.3 is 0 Å². The van der Waals surface area contributed by atoms with Crippen molar-refractivity contribution in [3.63, 3.8) is 0 Å². The van der Waals surface area contributed by atoms with Crippen LogP contribution in [-0.4, -0.2) is 5.91 Å². The standard InChI is InChI=1S/C12H17NO/c1-4-11-5-7-12(8-6-11)9(2)13-10(3)14/h5-9H,4H2,1-3H3,(H,13,14)/t9-/m1/s1. The molecule has 1 rings (SSSR count). The summed E-state index contributed by atoms with van der Waals surface area (Å²) >= 11 is 0. The van der Waals surface area contributed by atoms with Crippen LogP contribution in [0.4, 0.5) is 0 Å². The Balaban J connectivity index is 2.71. The van der Waals surface area contributed by atoms with E-state index in [1.807, 2.05) is 6.92 Å². The van der Waals surface area contributed by atoms with Gasteiger partial charge in [0, 0.05) is 6.92 Å². The molecular weight excluding hydrogens is 174 g/mol. The van der Waals surface area contributed by atoms with E-state index in [2.05, 4.69) is 36.5 Å². The maximum absolute atomic E-state index is 10.8. The van der Waals surface area contributed by atoms with Crippen molar-refractivity contribution in [3.8, 4) is 0 Å². The second kappa shape index (κ2) is 4.80. The lowest BCUT2D eigenvalue weighted by Gasteiger charge is -2.12. The second-order valence-electron chi connectivity index (χ2n) is 3.52. The molecule has 0 unspecified atom stereocenters. The van der Waals surface area contributed by atoms with Gasteiger partial charge in [0.2, 0.25) is 5.91 Å². The smallest absolute Gasteiger partial charge is 0.217 e. The van der Waals surface area contributed by atoms with Crippen LogP contribution in [-0.2, 0) is 11.2 Å². The van der Waals surface area contributed by atoms with Crippen LogP contribution in [0.1, 0.15) is 37.9 Å². The van der Waals surface area contributed by atoms with E-state index in [0.717, 1.165) is 12.0 Å². The van der Waals surface area contributed by atoms with Gasteiger partial charge in [0.1, 0.15) is 0 Å². The maximum Gasteiger partial charge on any atom is 0.217 e. The lowest BCUT2D eigenvalue weighted by atomic mass is 10.1. The van der Waals surface area contributed by atoms with Crippen LogP contribution in [0.3, 0.4) is 0 Å². The summed E-state index contributed by atoms with van der Waals surface area (Å²) in [7, 11) is 0. The third-order valence-electron chi connectivity index (χ3n) is 2.31. The van der Waals surface area contributed by atoms with E-state index in [9.17, 15) is 4.79 Å². The summed E-state index contributed by atoms with van der Waals surface area (Å²) in [5.74, 6) is 0.0112. The van der Waals surface area contributed by atoms with Crippen LogP contribution in [0.2, 0.25) is 0 Å². The third-order valence-corrected chi connectivity index (χ3v) is 2.31. The molecule has 1 aromatic rings. The van der Waals surface area contributed by atoms with Gasteiger partial charge in [-0.15, -0.1) is 0 Å². The molecule has 2 nitrogen and oxygen atoms in total. The van der Waals surface area contributed by atoms with Gasteiger partial charge in [-0.1, -0.05) is 31.2 Å². The summed E-state index contributed by atoms with van der Waals surface area (Å²) in [6, 6.07) is 8.44. The first kappa shape index (κ1) is 10.8. The minimum absolute atomic E-state index is 0.0112. The summed E-state index contributed by atoms with van der Waals surface area (Å²) in [5.41, 5.74) is 2.47. The molecule has 1 N–H and O–H groups in total. The molecule has 0 saturated heterocycles. The van der Waals surface area contributed by atoms with Crippen LogP contribution >= 0.6 is 0 Å². The van der Waals surface area contributed by atoms with Gasteiger partial charge in [-0.25, -0.2) is 0 Å². The largest absolute Gasteiger partial charge is 0.350 e. The number of carbonyl (C=O) groups is 1. The van der Waals surface area contributed by atoms with Crippen LogP contribution < -0.4 is 5.32 Å². The van der Waals surface area contributed by atoms with Crippen molar-refractivity contribution in [2.24, 2.45) is 0 Å². The Morgan fingerprint density at radius 1 is 1.36 bits per heavy atom. The number of hydrogen-bond acceptors (Lipinski definition) is 1. The van der Waals surface area contributed by atoms with Crippen molar-refractivity contribution in [3.05, 3.63) is 35.4 Å². The first-order chi connectivity index (χ1) is 6.63. The van der Waals surface area contributed by atoms with Crippen molar-refractivity contribution in [2.75, 3.05) is 0 Å². The van der Waals surface area contributed by atoms with E-state index in [4.69, 9.17) is 0 Å². The molecule has 1 aromatic carbocycles. The predicted octanol–water partition coefficient (Wildman–Crippen LogP) is 2.45. The van der Waals surface area contributed by atoms with E-state index in [1.165, 1.54) is 12.5 Å². The highest BCUT2D eigenvalue weighted by molar-refractivity contribution is 5.73. The molecule has 0 radical (unpaired) electrons. The van der Waals surface area contributed by atoms with Crippen molar-refractivity contribution in [2.45, 2.75) is 33.2 Å². The number of hydrogen-bond donors (Lipinski definition) is 1. The fraction of sp³-hybridized carbons (Fsp3) is 0.417. The number of rotatable bonds is 3. The Bertz CT molecular complexity index is 303. The number of amides is 1. The summed E-state index contributed by atoms with van der Waals surface area (Å²) in [6.45, 7) is 5.66. The average molecular weight is 191 g/mol. The molecule has 0 aliphatic carbocycles. The average Bonchev–Trinajstić information content (AvgIpc) is 2.17. The van der Waals surface area contributed by atoms with Gasteiger partial charge in [-0.2, -0.15) is 0 Å². The molecule has 0 fully saturated rings. The Hall–Kier alpha value is -1.31. The molecule has 0 aliphatic heterocycles. The zero-order valence-electron chi connectivity index (χ0n) is 9.00. The van der Waals surface area contributed by atoms with Crippen LogP contribution in [0.15, 0.2) is 24.3 Å². The zero-order chi connectivity index (χ0) is 10.6. The van der Waals surface area contributed by atoms with E-state index in [-0.39, 0.29) is 11.9 Å². The highest BCUT2D eigenvalue weighted by Gasteiger charge is 2.05. The van der Waals surface area contributed by atoms with Gasteiger partial charge in [-0.05, 0) is 24.5 Å². The van der Waals surface area contributed by atoms with E-state index >= 15 is 0 Å². The van der Waals surface area contributed by atoms with Crippen molar-refractivity contribution in [1.29, 1.82) is 0 Å². The lowest BCUT2D eigenvalue weighted by molar-refractivity contribution is -0.119. The Kier molecular flexibility index (Phi) is 3.69. The number of aryl methyl sites for hydroxylation is 1. The van der Waals surface area contributed by atoms with Crippen LogP contribution in [0, 0.1) is 0 Å². The van der Waals surface area contributed by atoms with Crippen LogP contribution in [0.25, 0.3) is 0 Å². The Morgan fingerprint density at radius 2 is 1.93 bits per heavy atom. The van der Waals surface area contributed by atoms with Gasteiger partial charge in [0.05, 0.1) is 6.04 Å². The topological polar surface area (TPSA) is 29.1 Å². The number of carbonyl (C=O) groups excluding carboxylic acids is 1. The van der Waals surface area contributed by atoms with E-state index in [0.29, 0.717) is 0 Å². The van der Waals surface area contributed by atoms with Gasteiger partial charge < -0.3 is 5.32 Å². The molecule has 1 atom stereocenters. The highest BCUT2D eigenvalue weighted by Crippen LogP contribution is 2.13. The fourth-order valence-electron chi connectivity index (χ4n) is 1.43. The summed E-state index contributed by atoms with van der Waals surface area (Å²) in [6.07, 6.45) is 1.05. The molecule has 0 aliphatic rings. The van der Waals surface area contributed by atoms with Gasteiger partial charge in [0.15, 0.2) is 0 Å². The molecule has 0 spiro atoms. The first-order valence-electron chi connectivity index (χ1n) is 4.99. The molecule has 0 bridgehead atoms. The second-order valence-corrected chi connectivity index (χ2v) is 3.52. The molecule has 2 heteroatoms. The fourth-order valence-corrected chi connectivity index (χ4v) is 1.43. The summed E-state index contributed by atoms with van der Waals surface area (Å²) < 4.78 is 0. The van der Waals surface area contributed by atoms with Crippen molar-refractivity contribution >= 4 is 5.91 Å². The minimum atomic E-state index is 0.0112. The predicted molar refractivity (Wildman–Crippen MR) is 58.1 cm³/mol. The zero-order valence-corrected chi connectivity index (χ0v) is 9.00. The molecule has 14 heavy (non-hydrogen) atoms. The van der Waals surface area contributed by atoms with Crippen LogP contribution in [0.5, 0.6) is 0 Å². The molecule has 1 amide bonds. The highest BCUT2D eigenvalue weighted by atomic mass is 16.1. The van der Waals surface area contributed by atoms with Crippen molar-refractivity contribution in [1.82, 2.24) is 5.32 Å². The molecule has 76 valence electrons. The first-order valence-corrected chi connectivity index (χ1v) is 4.99. The van der Waals surface area contributed by atoms with Gasteiger partial charge in [0.25, 0.3) is 0 Å². The lowest BCUT2D eigenvalue weighted by Crippen LogP contribution is -2.23. The molecule has 0 heterocycles. The normalized spacial score (nSPS) is 12.2. The maximum atomic E-state index is 10.8. The summed E-state index contributed by atoms with van der Waals surface area (Å²) in [5, 5.41) is 2.86. The molecule has 0 aromatic heterocycles. The monoisotopic (exact) mass is 191 g/mol. The molecular formula is C12H17NO. The Labute approximate surface area is 85.3 Å². The van der Waals surface area contributed by atoms with Crippen molar-refractivity contribution < 1.29 is 4.79 Å². The third kappa shape index (κ3) is 2.87. The molecule has 0 saturated carbocycles. The quantitative estimate of drug-likeness (QED) is 0.781. The number of benzene rings is 1. The number of nitrogens with one attached hydrogen (secondary N) is 1.